The van der Waals surface area contributed by atoms with E-state index in [4.69, 9.17) is 5.11 Å². The number of rotatable bonds is 13. The van der Waals surface area contributed by atoms with Crippen molar-refractivity contribution in [1.29, 1.82) is 0 Å². The van der Waals surface area contributed by atoms with Crippen LogP contribution in [0.2, 0.25) is 0 Å². The summed E-state index contributed by atoms with van der Waals surface area (Å²) in [5.74, 6) is 1.14. The SMILES string of the molecule is Cc1cccc(C[C@@H](O)/C=C/[C@@H]2[C@H]3CC(CCCCCNCCCO)=C[C@H]3C[C@H]2O)c1. The molecule has 1 aromatic carbocycles. The molecule has 5 atom stereocenters. The Morgan fingerprint density at radius 2 is 2.00 bits per heavy atom. The first kappa shape index (κ1) is 24.2. The summed E-state index contributed by atoms with van der Waals surface area (Å²) in [5.41, 5.74) is 3.93. The summed E-state index contributed by atoms with van der Waals surface area (Å²) >= 11 is 0. The van der Waals surface area contributed by atoms with Crippen molar-refractivity contribution in [2.45, 2.75) is 70.5 Å². The van der Waals surface area contributed by atoms with Crippen LogP contribution in [0.25, 0.3) is 0 Å². The Hall–Kier alpha value is -1.46. The molecular weight excluding hydrogens is 386 g/mol. The van der Waals surface area contributed by atoms with Crippen molar-refractivity contribution in [1.82, 2.24) is 5.32 Å². The summed E-state index contributed by atoms with van der Waals surface area (Å²) in [6.07, 6.45) is 13.9. The van der Waals surface area contributed by atoms with Crippen LogP contribution in [0.3, 0.4) is 0 Å². The summed E-state index contributed by atoms with van der Waals surface area (Å²) in [7, 11) is 0. The first-order chi connectivity index (χ1) is 15.1. The molecule has 3 rings (SSSR count). The van der Waals surface area contributed by atoms with E-state index in [0.717, 1.165) is 37.9 Å². The maximum absolute atomic E-state index is 10.6. The molecule has 1 aromatic rings. The molecule has 1 fully saturated rings. The molecule has 0 heterocycles. The monoisotopic (exact) mass is 427 g/mol. The topological polar surface area (TPSA) is 72.7 Å². The Kier molecular flexibility index (Phi) is 9.79. The van der Waals surface area contributed by atoms with Gasteiger partial charge >= 0.3 is 0 Å². The van der Waals surface area contributed by atoms with Gasteiger partial charge in [-0.25, -0.2) is 0 Å². The van der Waals surface area contributed by atoms with Crippen LogP contribution in [0.1, 0.15) is 56.1 Å². The third kappa shape index (κ3) is 7.57. The van der Waals surface area contributed by atoms with Gasteiger partial charge in [-0.05, 0) is 75.9 Å². The lowest BCUT2D eigenvalue weighted by molar-refractivity contribution is 0.140. The summed E-state index contributed by atoms with van der Waals surface area (Å²) in [6.45, 7) is 4.28. The van der Waals surface area contributed by atoms with Gasteiger partial charge in [-0.2, -0.15) is 0 Å². The molecular formula is C27H41NO3. The Morgan fingerprint density at radius 1 is 1.16 bits per heavy atom. The van der Waals surface area contributed by atoms with Crippen LogP contribution in [0.15, 0.2) is 48.1 Å². The number of hydrogen-bond donors (Lipinski definition) is 4. The number of aliphatic hydroxyl groups excluding tert-OH is 3. The van der Waals surface area contributed by atoms with Gasteiger partial charge in [0.1, 0.15) is 0 Å². The Labute approximate surface area is 188 Å². The second-order valence-electron chi connectivity index (χ2n) is 9.52. The molecule has 4 heteroatoms. The fraction of sp³-hybridized carbons (Fsp3) is 0.630. The molecule has 2 aliphatic rings. The van der Waals surface area contributed by atoms with Gasteiger partial charge in [0, 0.05) is 18.9 Å². The normalized spacial score (nSPS) is 26.4. The van der Waals surface area contributed by atoms with E-state index < -0.39 is 6.10 Å². The van der Waals surface area contributed by atoms with Crippen LogP contribution in [-0.2, 0) is 6.42 Å². The third-order valence-electron chi connectivity index (χ3n) is 6.90. The van der Waals surface area contributed by atoms with Gasteiger partial charge in [0.25, 0.3) is 0 Å². The van der Waals surface area contributed by atoms with E-state index in [1.54, 1.807) is 5.57 Å². The lowest BCUT2D eigenvalue weighted by atomic mass is 9.88. The van der Waals surface area contributed by atoms with Crippen LogP contribution in [-0.4, -0.2) is 47.2 Å². The second kappa shape index (κ2) is 12.5. The van der Waals surface area contributed by atoms with Gasteiger partial charge in [0.05, 0.1) is 12.2 Å². The number of aryl methyl sites for hydroxylation is 1. The van der Waals surface area contributed by atoms with E-state index in [1.807, 2.05) is 12.1 Å². The smallest absolute Gasteiger partial charge is 0.0761 e. The third-order valence-corrected chi connectivity index (χ3v) is 6.90. The average molecular weight is 428 g/mol. The van der Waals surface area contributed by atoms with Gasteiger partial charge in [-0.15, -0.1) is 0 Å². The minimum absolute atomic E-state index is 0.154. The lowest BCUT2D eigenvalue weighted by Gasteiger charge is -2.19. The fourth-order valence-electron chi connectivity index (χ4n) is 5.30. The molecule has 0 saturated heterocycles. The van der Waals surface area contributed by atoms with E-state index in [1.165, 1.54) is 31.2 Å². The first-order valence-corrected chi connectivity index (χ1v) is 12.2. The summed E-state index contributed by atoms with van der Waals surface area (Å²) in [4.78, 5) is 0. The molecule has 0 unspecified atom stereocenters. The van der Waals surface area contributed by atoms with Gasteiger partial charge in [0.2, 0.25) is 0 Å². The van der Waals surface area contributed by atoms with Crippen molar-refractivity contribution < 1.29 is 15.3 Å². The summed E-state index contributed by atoms with van der Waals surface area (Å²) < 4.78 is 0. The predicted octanol–water partition coefficient (Wildman–Crippen LogP) is 3.93. The maximum atomic E-state index is 10.6. The van der Waals surface area contributed by atoms with Gasteiger partial charge in [0.15, 0.2) is 0 Å². The molecule has 0 spiro atoms. The lowest BCUT2D eigenvalue weighted by Crippen LogP contribution is -2.18. The van der Waals surface area contributed by atoms with E-state index in [9.17, 15) is 10.2 Å². The van der Waals surface area contributed by atoms with Crippen LogP contribution in [0.4, 0.5) is 0 Å². The zero-order chi connectivity index (χ0) is 22.1. The Balaban J connectivity index is 1.39. The predicted molar refractivity (Wildman–Crippen MR) is 127 cm³/mol. The number of hydrogen-bond acceptors (Lipinski definition) is 4. The Morgan fingerprint density at radius 3 is 2.81 bits per heavy atom. The number of fused-ring (bicyclic) bond motifs is 1. The van der Waals surface area contributed by atoms with Crippen molar-refractivity contribution in [3.05, 3.63) is 59.2 Å². The van der Waals surface area contributed by atoms with Crippen LogP contribution in [0.5, 0.6) is 0 Å². The quantitative estimate of drug-likeness (QED) is 0.284. The summed E-state index contributed by atoms with van der Waals surface area (Å²) in [5, 5.41) is 33.2. The first-order valence-electron chi connectivity index (χ1n) is 12.2. The minimum Gasteiger partial charge on any atom is -0.396 e. The standard InChI is InChI=1S/C27H41NO3/c1-20-7-5-9-21(15-20)17-24(30)10-11-25-26-18-22(16-23(26)19-27(25)31)8-3-2-4-12-28-13-6-14-29/h5,7,9-11,15-16,23-31H,2-4,6,8,12-14,17-19H2,1H3/b11-10+/t23-,24-,25+,26-,27+/m0/s1. The van der Waals surface area contributed by atoms with Crippen LogP contribution in [0, 0.1) is 24.7 Å². The number of aliphatic hydroxyl groups is 3. The molecule has 1 saturated carbocycles. The van der Waals surface area contributed by atoms with Gasteiger partial charge < -0.3 is 20.6 Å². The summed E-state index contributed by atoms with van der Waals surface area (Å²) in [6, 6.07) is 8.28. The largest absolute Gasteiger partial charge is 0.396 e. The second-order valence-corrected chi connectivity index (χ2v) is 9.52. The molecule has 0 aliphatic heterocycles. The number of nitrogens with one attached hydrogen (secondary N) is 1. The Bertz CT molecular complexity index is 729. The zero-order valence-corrected chi connectivity index (χ0v) is 19.0. The molecule has 4 nitrogen and oxygen atoms in total. The highest BCUT2D eigenvalue weighted by Crippen LogP contribution is 2.48. The molecule has 2 aliphatic carbocycles. The molecule has 0 radical (unpaired) electrons. The molecule has 0 amide bonds. The highest BCUT2D eigenvalue weighted by atomic mass is 16.3. The van der Waals surface area contributed by atoms with Crippen molar-refractivity contribution in [2.75, 3.05) is 19.7 Å². The van der Waals surface area contributed by atoms with Crippen molar-refractivity contribution in [2.24, 2.45) is 17.8 Å². The zero-order valence-electron chi connectivity index (χ0n) is 19.0. The number of benzene rings is 1. The molecule has 172 valence electrons. The van der Waals surface area contributed by atoms with E-state index in [2.05, 4.69) is 42.6 Å². The maximum Gasteiger partial charge on any atom is 0.0761 e. The number of allylic oxidation sites excluding steroid dienone is 2. The number of unbranched alkanes of at least 4 members (excludes halogenated alkanes) is 2. The van der Waals surface area contributed by atoms with Crippen molar-refractivity contribution >= 4 is 0 Å². The minimum atomic E-state index is -0.507. The molecule has 4 N–H and O–H groups in total. The van der Waals surface area contributed by atoms with Crippen LogP contribution < -0.4 is 5.32 Å². The van der Waals surface area contributed by atoms with Gasteiger partial charge in [-0.3, -0.25) is 0 Å². The van der Waals surface area contributed by atoms with Crippen LogP contribution >= 0.6 is 0 Å². The van der Waals surface area contributed by atoms with Gasteiger partial charge in [-0.1, -0.05) is 60.1 Å². The highest BCUT2D eigenvalue weighted by Gasteiger charge is 2.43. The van der Waals surface area contributed by atoms with E-state index >= 15 is 0 Å². The van der Waals surface area contributed by atoms with E-state index in [-0.39, 0.29) is 18.6 Å². The fourth-order valence-corrected chi connectivity index (χ4v) is 5.30. The van der Waals surface area contributed by atoms with Crippen molar-refractivity contribution in [3.63, 3.8) is 0 Å². The molecule has 31 heavy (non-hydrogen) atoms. The average Bonchev–Trinajstić information content (AvgIpc) is 3.24. The van der Waals surface area contributed by atoms with Crippen molar-refractivity contribution in [3.8, 4) is 0 Å². The molecule has 0 aromatic heterocycles. The molecule has 0 bridgehead atoms. The van der Waals surface area contributed by atoms with E-state index in [0.29, 0.717) is 18.3 Å². The highest BCUT2D eigenvalue weighted by molar-refractivity contribution is 5.24.